The zero-order valence-corrected chi connectivity index (χ0v) is 16.4. The van der Waals surface area contributed by atoms with Crippen LogP contribution in [0.3, 0.4) is 0 Å². The largest absolute Gasteiger partial charge is 0.549 e. The number of ketones is 2. The molecule has 2 atom stereocenters. The van der Waals surface area contributed by atoms with Gasteiger partial charge >= 0.3 is 0 Å². The van der Waals surface area contributed by atoms with Crippen molar-refractivity contribution in [2.45, 2.75) is 77.7 Å². The summed E-state index contributed by atoms with van der Waals surface area (Å²) < 4.78 is 0. The van der Waals surface area contributed by atoms with Gasteiger partial charge < -0.3 is 15.0 Å². The minimum absolute atomic E-state index is 0.0137. The highest BCUT2D eigenvalue weighted by molar-refractivity contribution is 6.08. The first-order valence-electron chi connectivity index (χ1n) is 9.97. The molecule has 2 unspecified atom stereocenters. The summed E-state index contributed by atoms with van der Waals surface area (Å²) in [4.78, 5) is 35.5. The van der Waals surface area contributed by atoms with Crippen LogP contribution in [-0.4, -0.2) is 28.7 Å². The molecule has 0 amide bonds. The lowest BCUT2D eigenvalue weighted by Gasteiger charge is -2.21. The number of unbranched alkanes of at least 4 members (excludes halogenated alkanes) is 5. The third kappa shape index (κ3) is 7.63. The number of carboxylic acid groups (broad SMARTS) is 1. The highest BCUT2D eigenvalue weighted by Gasteiger charge is 2.33. The van der Waals surface area contributed by atoms with Crippen LogP contribution in [0.25, 0.3) is 0 Å². The lowest BCUT2D eigenvalue weighted by Crippen LogP contribution is -2.46. The van der Waals surface area contributed by atoms with Crippen LogP contribution in [0.1, 0.15) is 81.1 Å². The summed E-state index contributed by atoms with van der Waals surface area (Å²) in [5, 5.41) is 21.3. The number of carbonyl (C=O) groups is 3. The fourth-order valence-corrected chi connectivity index (χ4v) is 3.11. The first-order valence-corrected chi connectivity index (χ1v) is 9.97. The average molecular weight is 375 g/mol. The third-order valence-electron chi connectivity index (χ3n) is 4.74. The Kier molecular flexibility index (Phi) is 10.6. The van der Waals surface area contributed by atoms with E-state index in [0.29, 0.717) is 6.42 Å². The van der Waals surface area contributed by atoms with Gasteiger partial charge in [-0.05, 0) is 24.8 Å². The summed E-state index contributed by atoms with van der Waals surface area (Å²) in [6.07, 6.45) is 6.67. The second-order valence-electron chi connectivity index (χ2n) is 7.04. The van der Waals surface area contributed by atoms with Crippen LogP contribution in [0.15, 0.2) is 24.3 Å². The summed E-state index contributed by atoms with van der Waals surface area (Å²) in [7, 11) is 0. The van der Waals surface area contributed by atoms with Gasteiger partial charge in [0.2, 0.25) is 0 Å². The predicted octanol–water partition coefficient (Wildman–Crippen LogP) is 2.87. The van der Waals surface area contributed by atoms with E-state index < -0.39 is 29.6 Å². The highest BCUT2D eigenvalue weighted by Crippen LogP contribution is 2.16. The van der Waals surface area contributed by atoms with Gasteiger partial charge in [-0.25, -0.2) is 0 Å². The van der Waals surface area contributed by atoms with E-state index in [1.165, 1.54) is 32.1 Å². The number of rotatable bonds is 14. The van der Waals surface area contributed by atoms with Crippen molar-refractivity contribution in [3.63, 3.8) is 0 Å². The van der Waals surface area contributed by atoms with Crippen molar-refractivity contribution in [2.75, 3.05) is 0 Å². The number of hydrogen-bond acceptors (Lipinski definition) is 5. The van der Waals surface area contributed by atoms with Crippen molar-refractivity contribution in [1.82, 2.24) is 0 Å². The SMILES string of the molecule is CCCCCCCCc1ccc(C(=O)C(O)C(C(=O)[O-])C(=O)CCC)cc1. The number of carbonyl (C=O) groups excluding carboxylic acids is 3. The molecule has 0 aliphatic carbocycles. The fourth-order valence-electron chi connectivity index (χ4n) is 3.11. The van der Waals surface area contributed by atoms with Crippen LogP contribution in [-0.2, 0) is 16.0 Å². The molecule has 0 bridgehead atoms. The summed E-state index contributed by atoms with van der Waals surface area (Å²) in [5.74, 6) is -4.98. The zero-order chi connectivity index (χ0) is 20.2. The standard InChI is InChI=1S/C22H32O5/c1-3-5-6-7-8-9-11-16-12-14-17(15-13-16)20(24)21(25)19(22(26)27)18(23)10-4-2/h12-15,19,21,25H,3-11H2,1-2H3,(H,26,27)/p-1. The molecule has 0 spiro atoms. The van der Waals surface area contributed by atoms with Gasteiger partial charge in [0.05, 0.1) is 11.9 Å². The number of carboxylic acids is 1. The van der Waals surface area contributed by atoms with E-state index in [-0.39, 0.29) is 12.0 Å². The second kappa shape index (κ2) is 12.4. The predicted molar refractivity (Wildman–Crippen MR) is 102 cm³/mol. The van der Waals surface area contributed by atoms with Crippen LogP contribution in [0.2, 0.25) is 0 Å². The van der Waals surface area contributed by atoms with Crippen LogP contribution < -0.4 is 5.11 Å². The number of aliphatic carboxylic acids is 1. The summed E-state index contributed by atoms with van der Waals surface area (Å²) >= 11 is 0. The zero-order valence-electron chi connectivity index (χ0n) is 16.4. The lowest BCUT2D eigenvalue weighted by atomic mass is 9.89. The molecular weight excluding hydrogens is 344 g/mol. The van der Waals surface area contributed by atoms with Gasteiger partial charge in [0.15, 0.2) is 5.78 Å². The Morgan fingerprint density at radius 3 is 2.07 bits per heavy atom. The molecule has 1 aromatic rings. The third-order valence-corrected chi connectivity index (χ3v) is 4.74. The molecule has 0 radical (unpaired) electrons. The minimum atomic E-state index is -1.92. The molecule has 0 aromatic heterocycles. The van der Waals surface area contributed by atoms with Gasteiger partial charge in [0.1, 0.15) is 11.9 Å². The first kappa shape index (κ1) is 23.0. The Morgan fingerprint density at radius 2 is 1.52 bits per heavy atom. The lowest BCUT2D eigenvalue weighted by molar-refractivity contribution is -0.311. The van der Waals surface area contributed by atoms with Crippen molar-refractivity contribution in [1.29, 1.82) is 0 Å². The maximum atomic E-state index is 12.4. The van der Waals surface area contributed by atoms with Gasteiger partial charge in [-0.3, -0.25) is 9.59 Å². The quantitative estimate of drug-likeness (QED) is 0.306. The molecule has 1 rings (SSSR count). The van der Waals surface area contributed by atoms with Gasteiger partial charge in [0.25, 0.3) is 0 Å². The van der Waals surface area contributed by atoms with Crippen LogP contribution >= 0.6 is 0 Å². The molecule has 5 nitrogen and oxygen atoms in total. The molecule has 27 heavy (non-hydrogen) atoms. The Bertz CT molecular complexity index is 606. The molecule has 1 aromatic carbocycles. The minimum Gasteiger partial charge on any atom is -0.549 e. The van der Waals surface area contributed by atoms with Crippen molar-refractivity contribution in [3.8, 4) is 0 Å². The normalized spacial score (nSPS) is 13.1. The monoisotopic (exact) mass is 375 g/mol. The summed E-state index contributed by atoms with van der Waals surface area (Å²) in [5.41, 5.74) is 1.29. The van der Waals surface area contributed by atoms with Gasteiger partial charge in [0, 0.05) is 12.0 Å². The number of aliphatic hydroxyl groups is 1. The maximum Gasteiger partial charge on any atom is 0.192 e. The van der Waals surface area contributed by atoms with E-state index in [9.17, 15) is 24.6 Å². The molecule has 5 heteroatoms. The van der Waals surface area contributed by atoms with E-state index >= 15 is 0 Å². The maximum absolute atomic E-state index is 12.4. The Balaban J connectivity index is 2.64. The molecule has 0 aliphatic heterocycles. The van der Waals surface area contributed by atoms with Crippen molar-refractivity contribution < 1.29 is 24.6 Å². The fraction of sp³-hybridized carbons (Fsp3) is 0.591. The average Bonchev–Trinajstić information content (AvgIpc) is 2.64. The number of benzene rings is 1. The van der Waals surface area contributed by atoms with Crippen molar-refractivity contribution >= 4 is 17.5 Å². The number of aryl methyl sites for hydroxylation is 1. The van der Waals surface area contributed by atoms with E-state index in [1.807, 2.05) is 12.1 Å². The number of hydrogen-bond donors (Lipinski definition) is 1. The molecule has 0 fully saturated rings. The number of Topliss-reactive ketones (excluding diaryl/α,β-unsaturated/α-hetero) is 2. The van der Waals surface area contributed by atoms with E-state index in [0.717, 1.165) is 18.4 Å². The molecule has 0 saturated heterocycles. The molecule has 150 valence electrons. The first-order chi connectivity index (χ1) is 12.9. The van der Waals surface area contributed by atoms with Gasteiger partial charge in [-0.2, -0.15) is 0 Å². The van der Waals surface area contributed by atoms with Crippen molar-refractivity contribution in [3.05, 3.63) is 35.4 Å². The smallest absolute Gasteiger partial charge is 0.192 e. The summed E-state index contributed by atoms with van der Waals surface area (Å²) in [6, 6.07) is 6.78. The van der Waals surface area contributed by atoms with Gasteiger partial charge in [-0.15, -0.1) is 0 Å². The van der Waals surface area contributed by atoms with E-state index in [4.69, 9.17) is 0 Å². The summed E-state index contributed by atoms with van der Waals surface area (Å²) in [6.45, 7) is 3.91. The molecule has 0 saturated carbocycles. The second-order valence-corrected chi connectivity index (χ2v) is 7.04. The molecule has 0 heterocycles. The van der Waals surface area contributed by atoms with Gasteiger partial charge in [-0.1, -0.05) is 70.2 Å². The molecule has 1 N–H and O–H groups in total. The Morgan fingerprint density at radius 1 is 0.926 bits per heavy atom. The Labute approximate surface area is 161 Å². The van der Waals surface area contributed by atoms with Crippen LogP contribution in [0, 0.1) is 5.92 Å². The van der Waals surface area contributed by atoms with Crippen LogP contribution in [0.4, 0.5) is 0 Å². The Hall–Kier alpha value is -2.01. The highest BCUT2D eigenvalue weighted by atomic mass is 16.4. The van der Waals surface area contributed by atoms with Crippen molar-refractivity contribution in [2.24, 2.45) is 5.92 Å². The number of aliphatic hydroxyl groups excluding tert-OH is 1. The topological polar surface area (TPSA) is 94.5 Å². The molecule has 0 aliphatic rings. The van der Waals surface area contributed by atoms with Crippen LogP contribution in [0.5, 0.6) is 0 Å². The van der Waals surface area contributed by atoms with E-state index in [2.05, 4.69) is 6.92 Å². The molecular formula is C22H31O5-. The van der Waals surface area contributed by atoms with E-state index in [1.54, 1.807) is 19.1 Å².